The second kappa shape index (κ2) is 6.60. The van der Waals surface area contributed by atoms with Gasteiger partial charge in [0.1, 0.15) is 0 Å². The molecule has 2 aromatic rings. The summed E-state index contributed by atoms with van der Waals surface area (Å²) < 4.78 is 0. The van der Waals surface area contributed by atoms with Gasteiger partial charge in [-0.25, -0.2) is 0 Å². The fourth-order valence-corrected chi connectivity index (χ4v) is 2.23. The van der Waals surface area contributed by atoms with Crippen LogP contribution in [0.1, 0.15) is 36.1 Å². The summed E-state index contributed by atoms with van der Waals surface area (Å²) in [7, 11) is 0. The summed E-state index contributed by atoms with van der Waals surface area (Å²) in [5.74, 6) is 0. The molecule has 0 aliphatic rings. The van der Waals surface area contributed by atoms with E-state index in [1.54, 1.807) is 0 Å². The Morgan fingerprint density at radius 2 is 1.68 bits per heavy atom. The van der Waals surface area contributed by atoms with Gasteiger partial charge in [0.2, 0.25) is 0 Å². The standard InChI is InChI=1S/C20H22N2/c1-15-4-6-16(7-5-15)12-18(13-21)17-8-10-19(11-9-17)20(2,3)14-22/h4-12H,14,22H2,1-3H3/b18-12+. The van der Waals surface area contributed by atoms with Crippen molar-refractivity contribution in [3.05, 3.63) is 70.8 Å². The normalized spacial score (nSPS) is 12.0. The maximum Gasteiger partial charge on any atom is 0.0998 e. The third-order valence-corrected chi connectivity index (χ3v) is 4.00. The zero-order valence-corrected chi connectivity index (χ0v) is 13.4. The minimum absolute atomic E-state index is 0.0496. The van der Waals surface area contributed by atoms with Crippen molar-refractivity contribution < 1.29 is 0 Å². The number of rotatable bonds is 4. The van der Waals surface area contributed by atoms with Crippen LogP contribution >= 0.6 is 0 Å². The van der Waals surface area contributed by atoms with Gasteiger partial charge in [-0.05, 0) is 29.7 Å². The van der Waals surface area contributed by atoms with Crippen molar-refractivity contribution >= 4 is 11.6 Å². The van der Waals surface area contributed by atoms with E-state index in [9.17, 15) is 5.26 Å². The molecule has 2 nitrogen and oxygen atoms in total. The number of hydrogen-bond acceptors (Lipinski definition) is 2. The van der Waals surface area contributed by atoms with Crippen LogP contribution in [0, 0.1) is 18.3 Å². The van der Waals surface area contributed by atoms with E-state index >= 15 is 0 Å². The van der Waals surface area contributed by atoms with Crippen LogP contribution in [0.2, 0.25) is 0 Å². The van der Waals surface area contributed by atoms with Crippen molar-refractivity contribution in [1.82, 2.24) is 0 Å². The number of hydrogen-bond donors (Lipinski definition) is 1. The van der Waals surface area contributed by atoms with E-state index in [2.05, 4.69) is 39.0 Å². The molecule has 0 saturated heterocycles. The van der Waals surface area contributed by atoms with Crippen molar-refractivity contribution in [2.75, 3.05) is 6.54 Å². The topological polar surface area (TPSA) is 49.8 Å². The first-order chi connectivity index (χ1) is 10.5. The molecule has 0 spiro atoms. The van der Waals surface area contributed by atoms with Gasteiger partial charge in [0, 0.05) is 12.0 Å². The van der Waals surface area contributed by atoms with E-state index < -0.39 is 0 Å². The number of aryl methyl sites for hydroxylation is 1. The van der Waals surface area contributed by atoms with Crippen LogP contribution in [0.4, 0.5) is 0 Å². The maximum absolute atomic E-state index is 9.43. The largest absolute Gasteiger partial charge is 0.330 e. The number of nitrogens with zero attached hydrogens (tertiary/aromatic N) is 1. The van der Waals surface area contributed by atoms with Gasteiger partial charge in [0.15, 0.2) is 0 Å². The lowest BCUT2D eigenvalue weighted by Gasteiger charge is -2.23. The minimum Gasteiger partial charge on any atom is -0.330 e. The Kier molecular flexibility index (Phi) is 4.80. The predicted octanol–water partition coefficient (Wildman–Crippen LogP) is 4.30. The average molecular weight is 290 g/mol. The van der Waals surface area contributed by atoms with Gasteiger partial charge in [-0.2, -0.15) is 5.26 Å². The van der Waals surface area contributed by atoms with E-state index in [0.29, 0.717) is 12.1 Å². The molecule has 2 aromatic carbocycles. The van der Waals surface area contributed by atoms with Crippen molar-refractivity contribution in [2.24, 2.45) is 5.73 Å². The Hall–Kier alpha value is -2.37. The second-order valence-corrected chi connectivity index (χ2v) is 6.25. The van der Waals surface area contributed by atoms with Crippen LogP contribution < -0.4 is 5.73 Å². The van der Waals surface area contributed by atoms with E-state index in [-0.39, 0.29) is 5.41 Å². The summed E-state index contributed by atoms with van der Waals surface area (Å²) in [5, 5.41) is 9.43. The van der Waals surface area contributed by atoms with Crippen LogP contribution in [0.5, 0.6) is 0 Å². The first-order valence-corrected chi connectivity index (χ1v) is 7.46. The molecule has 0 atom stereocenters. The number of allylic oxidation sites excluding steroid dienone is 1. The van der Waals surface area contributed by atoms with Crippen LogP contribution in [0.3, 0.4) is 0 Å². The van der Waals surface area contributed by atoms with Gasteiger partial charge in [-0.1, -0.05) is 67.9 Å². The highest BCUT2D eigenvalue weighted by molar-refractivity contribution is 5.89. The van der Waals surface area contributed by atoms with Crippen LogP contribution in [-0.2, 0) is 5.41 Å². The Bertz CT molecular complexity index is 699. The molecule has 0 aliphatic heterocycles. The fourth-order valence-electron chi connectivity index (χ4n) is 2.23. The van der Waals surface area contributed by atoms with Gasteiger partial charge < -0.3 is 5.73 Å². The van der Waals surface area contributed by atoms with Gasteiger partial charge in [0.25, 0.3) is 0 Å². The van der Waals surface area contributed by atoms with Crippen molar-refractivity contribution in [3.63, 3.8) is 0 Å². The van der Waals surface area contributed by atoms with Gasteiger partial charge >= 0.3 is 0 Å². The summed E-state index contributed by atoms with van der Waals surface area (Å²) in [6, 6.07) is 18.5. The molecule has 0 amide bonds. The molecular weight excluding hydrogens is 268 g/mol. The lowest BCUT2D eigenvalue weighted by atomic mass is 9.84. The lowest BCUT2D eigenvalue weighted by Crippen LogP contribution is -2.27. The molecule has 0 aromatic heterocycles. The van der Waals surface area contributed by atoms with Gasteiger partial charge in [0.05, 0.1) is 11.6 Å². The molecule has 0 aliphatic carbocycles. The highest BCUT2D eigenvalue weighted by Gasteiger charge is 2.18. The van der Waals surface area contributed by atoms with E-state index in [1.807, 2.05) is 42.5 Å². The first kappa shape index (κ1) is 16.0. The maximum atomic E-state index is 9.43. The third-order valence-electron chi connectivity index (χ3n) is 4.00. The summed E-state index contributed by atoms with van der Waals surface area (Å²) in [6.07, 6.45) is 1.92. The molecule has 0 saturated carbocycles. The Balaban J connectivity index is 2.32. The van der Waals surface area contributed by atoms with Crippen molar-refractivity contribution in [1.29, 1.82) is 5.26 Å². The van der Waals surface area contributed by atoms with Gasteiger partial charge in [-0.3, -0.25) is 0 Å². The fraction of sp³-hybridized carbons (Fsp3) is 0.250. The number of nitriles is 1. The highest BCUT2D eigenvalue weighted by atomic mass is 14.6. The number of nitrogens with two attached hydrogens (primary N) is 1. The minimum atomic E-state index is -0.0496. The molecule has 112 valence electrons. The zero-order valence-electron chi connectivity index (χ0n) is 13.4. The zero-order chi connectivity index (χ0) is 16.2. The van der Waals surface area contributed by atoms with Crippen LogP contribution in [-0.4, -0.2) is 6.54 Å². The summed E-state index contributed by atoms with van der Waals surface area (Å²) in [5.41, 5.74) is 10.8. The predicted molar refractivity (Wildman–Crippen MR) is 93.2 cm³/mol. The smallest absolute Gasteiger partial charge is 0.0998 e. The first-order valence-electron chi connectivity index (χ1n) is 7.46. The molecule has 0 heterocycles. The van der Waals surface area contributed by atoms with E-state index in [0.717, 1.165) is 11.1 Å². The van der Waals surface area contributed by atoms with Crippen molar-refractivity contribution in [3.8, 4) is 6.07 Å². The Morgan fingerprint density at radius 3 is 2.18 bits per heavy atom. The lowest BCUT2D eigenvalue weighted by molar-refractivity contribution is 0.539. The summed E-state index contributed by atoms with van der Waals surface area (Å²) >= 11 is 0. The van der Waals surface area contributed by atoms with Crippen molar-refractivity contribution in [2.45, 2.75) is 26.2 Å². The molecule has 2 rings (SSSR count). The molecule has 22 heavy (non-hydrogen) atoms. The van der Waals surface area contributed by atoms with E-state index in [4.69, 9.17) is 5.73 Å². The SMILES string of the molecule is Cc1ccc(/C=C(\C#N)c2ccc(C(C)(C)CN)cc2)cc1. The Labute approximate surface area is 132 Å². The molecule has 0 radical (unpaired) electrons. The second-order valence-electron chi connectivity index (χ2n) is 6.25. The van der Waals surface area contributed by atoms with Crippen LogP contribution in [0.15, 0.2) is 48.5 Å². The molecular formula is C20H22N2. The van der Waals surface area contributed by atoms with Gasteiger partial charge in [-0.15, -0.1) is 0 Å². The number of benzene rings is 2. The summed E-state index contributed by atoms with van der Waals surface area (Å²) in [6.45, 7) is 6.89. The quantitative estimate of drug-likeness (QED) is 0.674. The third kappa shape index (κ3) is 3.63. The molecule has 0 fully saturated rings. The Morgan fingerprint density at radius 1 is 1.09 bits per heavy atom. The van der Waals surface area contributed by atoms with E-state index in [1.165, 1.54) is 11.1 Å². The molecule has 2 heteroatoms. The molecule has 0 unspecified atom stereocenters. The monoisotopic (exact) mass is 290 g/mol. The summed E-state index contributed by atoms with van der Waals surface area (Å²) in [4.78, 5) is 0. The molecule has 2 N–H and O–H groups in total. The highest BCUT2D eigenvalue weighted by Crippen LogP contribution is 2.25. The average Bonchev–Trinajstić information content (AvgIpc) is 2.54. The van der Waals surface area contributed by atoms with Crippen LogP contribution in [0.25, 0.3) is 11.6 Å². The molecule has 0 bridgehead atoms.